The summed E-state index contributed by atoms with van der Waals surface area (Å²) in [5, 5.41) is 9.02. The van der Waals surface area contributed by atoms with Crippen molar-refractivity contribution in [3.63, 3.8) is 0 Å². The molecule has 0 radical (unpaired) electrons. The van der Waals surface area contributed by atoms with Crippen molar-refractivity contribution in [3.8, 4) is 0 Å². The Morgan fingerprint density at radius 3 is 2.42 bits per heavy atom. The second-order valence-corrected chi connectivity index (χ2v) is 4.91. The Bertz CT molecular complexity index is 519. The number of primary amides is 1. The highest BCUT2D eigenvalue weighted by atomic mass is 79.9. The van der Waals surface area contributed by atoms with Gasteiger partial charge in [0.2, 0.25) is 5.91 Å². The number of aliphatic carboxylic acids is 1. The fraction of sp³-hybridized carbons (Fsp3) is 0.182. The molecule has 0 unspecified atom stereocenters. The zero-order valence-corrected chi connectivity index (χ0v) is 11.9. The predicted octanol–water partition coefficient (Wildman–Crippen LogP) is 1.11. The Morgan fingerprint density at radius 1 is 1.32 bits per heavy atom. The van der Waals surface area contributed by atoms with Gasteiger partial charge >= 0.3 is 5.97 Å². The van der Waals surface area contributed by atoms with Gasteiger partial charge in [0.25, 0.3) is 5.91 Å². The van der Waals surface area contributed by atoms with Crippen molar-refractivity contribution in [2.45, 2.75) is 0 Å². The number of carboxylic acid groups (broad SMARTS) is 1. The first-order valence-electron chi connectivity index (χ1n) is 5.05. The molecule has 0 aromatic heterocycles. The number of halogens is 2. The number of amides is 2. The Labute approximate surface area is 122 Å². The first-order chi connectivity index (χ1) is 8.81. The summed E-state index contributed by atoms with van der Waals surface area (Å²) in [5.41, 5.74) is 5.16. The van der Waals surface area contributed by atoms with Gasteiger partial charge in [-0.3, -0.25) is 14.4 Å². The predicted molar refractivity (Wildman–Crippen MR) is 71.9 cm³/mol. The minimum absolute atomic E-state index is 0.177. The minimum Gasteiger partial charge on any atom is -0.480 e. The van der Waals surface area contributed by atoms with E-state index in [0.29, 0.717) is 9.50 Å². The molecule has 0 fully saturated rings. The Balaban J connectivity index is 3.00. The minimum atomic E-state index is -1.24. The summed E-state index contributed by atoms with van der Waals surface area (Å²) in [6.07, 6.45) is 0. The zero-order chi connectivity index (χ0) is 14.6. The molecule has 2 amide bonds. The molecule has 3 N–H and O–H groups in total. The van der Waals surface area contributed by atoms with Crippen LogP contribution in [-0.4, -0.2) is 40.9 Å². The van der Waals surface area contributed by atoms with Crippen molar-refractivity contribution in [3.05, 3.63) is 33.3 Å². The molecule has 0 saturated carbocycles. The summed E-state index contributed by atoms with van der Waals surface area (Å²) in [7, 11) is 0. The average Bonchev–Trinajstić information content (AvgIpc) is 2.29. The Morgan fingerprint density at radius 2 is 1.95 bits per heavy atom. The van der Waals surface area contributed by atoms with E-state index in [0.717, 1.165) is 4.90 Å². The van der Waals surface area contributed by atoms with E-state index >= 15 is 0 Å². The molecule has 1 aromatic rings. The van der Waals surface area contributed by atoms with E-state index in [-0.39, 0.29) is 5.56 Å². The second kappa shape index (κ2) is 6.53. The first-order valence-corrected chi connectivity index (χ1v) is 6.22. The van der Waals surface area contributed by atoms with E-state index in [1.165, 1.54) is 12.1 Å². The van der Waals surface area contributed by atoms with Crippen LogP contribution in [0.2, 0.25) is 5.02 Å². The molecule has 0 aliphatic heterocycles. The molecule has 0 bridgehead atoms. The van der Waals surface area contributed by atoms with E-state index in [4.69, 9.17) is 22.4 Å². The van der Waals surface area contributed by atoms with Crippen molar-refractivity contribution >= 4 is 45.3 Å². The molecule has 0 saturated heterocycles. The third-order valence-corrected chi connectivity index (χ3v) is 3.36. The number of carbonyl (C=O) groups excluding carboxylic acids is 2. The van der Waals surface area contributed by atoms with Crippen LogP contribution in [0.4, 0.5) is 0 Å². The number of carbonyl (C=O) groups is 3. The van der Waals surface area contributed by atoms with Crippen LogP contribution in [0, 0.1) is 0 Å². The van der Waals surface area contributed by atoms with Gasteiger partial charge in [-0.15, -0.1) is 0 Å². The molecule has 0 aliphatic carbocycles. The van der Waals surface area contributed by atoms with Gasteiger partial charge in [0.1, 0.15) is 13.1 Å². The molecule has 102 valence electrons. The fourth-order valence-corrected chi connectivity index (χ4v) is 1.79. The number of nitrogens with two attached hydrogens (primary N) is 1. The van der Waals surface area contributed by atoms with Crippen LogP contribution >= 0.6 is 27.5 Å². The van der Waals surface area contributed by atoms with Gasteiger partial charge in [-0.25, -0.2) is 0 Å². The monoisotopic (exact) mass is 348 g/mol. The van der Waals surface area contributed by atoms with Gasteiger partial charge < -0.3 is 15.7 Å². The molecule has 6 nitrogen and oxygen atoms in total. The molecule has 1 rings (SSSR count). The number of carboxylic acids is 1. The number of hydrogen-bond acceptors (Lipinski definition) is 3. The van der Waals surface area contributed by atoms with Crippen LogP contribution in [0.15, 0.2) is 22.7 Å². The maximum atomic E-state index is 12.1. The van der Waals surface area contributed by atoms with Crippen LogP contribution < -0.4 is 5.73 Å². The molecular weight excluding hydrogens is 339 g/mol. The molecule has 1 aromatic carbocycles. The Hall–Kier alpha value is -1.60. The van der Waals surface area contributed by atoms with Crippen LogP contribution in [-0.2, 0) is 9.59 Å². The van der Waals surface area contributed by atoms with Crippen molar-refractivity contribution in [1.29, 1.82) is 0 Å². The molecule has 19 heavy (non-hydrogen) atoms. The normalized spacial score (nSPS) is 10.0. The smallest absolute Gasteiger partial charge is 0.323 e. The largest absolute Gasteiger partial charge is 0.480 e. The lowest BCUT2D eigenvalue weighted by molar-refractivity contribution is -0.138. The van der Waals surface area contributed by atoms with E-state index in [1.54, 1.807) is 6.07 Å². The van der Waals surface area contributed by atoms with Gasteiger partial charge in [-0.1, -0.05) is 11.6 Å². The van der Waals surface area contributed by atoms with Gasteiger partial charge in [0, 0.05) is 10.0 Å². The molecular formula is C11H10BrClN2O4. The van der Waals surface area contributed by atoms with Gasteiger partial charge in [0.15, 0.2) is 0 Å². The van der Waals surface area contributed by atoms with Crippen LogP contribution in [0.1, 0.15) is 10.4 Å². The van der Waals surface area contributed by atoms with E-state index < -0.39 is 30.9 Å². The number of nitrogens with zero attached hydrogens (tertiary/aromatic N) is 1. The zero-order valence-electron chi connectivity index (χ0n) is 9.60. The van der Waals surface area contributed by atoms with E-state index in [1.807, 2.05) is 0 Å². The van der Waals surface area contributed by atoms with Crippen molar-refractivity contribution in [2.75, 3.05) is 13.1 Å². The van der Waals surface area contributed by atoms with Crippen LogP contribution in [0.25, 0.3) is 0 Å². The van der Waals surface area contributed by atoms with Gasteiger partial charge in [-0.05, 0) is 34.1 Å². The van der Waals surface area contributed by atoms with Crippen LogP contribution in [0.5, 0.6) is 0 Å². The summed E-state index contributed by atoms with van der Waals surface area (Å²) in [6, 6.07) is 4.40. The average molecular weight is 350 g/mol. The Kier molecular flexibility index (Phi) is 5.31. The highest BCUT2D eigenvalue weighted by molar-refractivity contribution is 9.10. The SMILES string of the molecule is NC(=O)CN(CC(=O)O)C(=O)c1ccc(Br)c(Cl)c1. The topological polar surface area (TPSA) is 101 Å². The highest BCUT2D eigenvalue weighted by Gasteiger charge is 2.20. The number of benzene rings is 1. The summed E-state index contributed by atoms with van der Waals surface area (Å²) in [5.74, 6) is -2.66. The third-order valence-electron chi connectivity index (χ3n) is 2.13. The molecule has 0 atom stereocenters. The maximum Gasteiger partial charge on any atom is 0.323 e. The van der Waals surface area contributed by atoms with Crippen molar-refractivity contribution in [1.82, 2.24) is 4.90 Å². The summed E-state index contributed by atoms with van der Waals surface area (Å²) < 4.78 is 0.602. The number of hydrogen-bond donors (Lipinski definition) is 2. The quantitative estimate of drug-likeness (QED) is 0.831. The summed E-state index contributed by atoms with van der Waals surface area (Å²) in [6.45, 7) is -1.09. The van der Waals surface area contributed by atoms with Crippen LogP contribution in [0.3, 0.4) is 0 Å². The lowest BCUT2D eigenvalue weighted by atomic mass is 10.2. The lowest BCUT2D eigenvalue weighted by Crippen LogP contribution is -2.41. The van der Waals surface area contributed by atoms with Crippen molar-refractivity contribution in [2.24, 2.45) is 5.73 Å². The fourth-order valence-electron chi connectivity index (χ4n) is 1.36. The second-order valence-electron chi connectivity index (χ2n) is 3.65. The molecule has 0 spiro atoms. The first kappa shape index (κ1) is 15.5. The molecule has 8 heteroatoms. The molecule has 0 heterocycles. The highest BCUT2D eigenvalue weighted by Crippen LogP contribution is 2.23. The van der Waals surface area contributed by atoms with Gasteiger partial charge in [0.05, 0.1) is 5.02 Å². The third kappa shape index (κ3) is 4.53. The standard InChI is InChI=1S/C11H10BrClN2O4/c12-7-2-1-6(3-8(7)13)11(19)15(4-9(14)16)5-10(17)18/h1-3H,4-5H2,(H2,14,16)(H,17,18). The lowest BCUT2D eigenvalue weighted by Gasteiger charge is -2.19. The van der Waals surface area contributed by atoms with E-state index in [2.05, 4.69) is 15.9 Å². The summed E-state index contributed by atoms with van der Waals surface area (Å²) >= 11 is 9.02. The number of rotatable bonds is 5. The van der Waals surface area contributed by atoms with E-state index in [9.17, 15) is 14.4 Å². The van der Waals surface area contributed by atoms with Gasteiger partial charge in [-0.2, -0.15) is 0 Å². The molecule has 0 aliphatic rings. The maximum absolute atomic E-state index is 12.1. The summed E-state index contributed by atoms with van der Waals surface area (Å²) in [4.78, 5) is 34.4. The van der Waals surface area contributed by atoms with Crippen molar-refractivity contribution < 1.29 is 19.5 Å².